The van der Waals surface area contributed by atoms with Crippen LogP contribution in [0.3, 0.4) is 0 Å². The summed E-state index contributed by atoms with van der Waals surface area (Å²) in [5.74, 6) is -1.04. The molecule has 2 N–H and O–H groups in total. The molecule has 1 aromatic rings. The van der Waals surface area contributed by atoms with Crippen LogP contribution in [0.1, 0.15) is 19.8 Å². The number of likely N-dealkylation sites (tertiary alicyclic amines) is 1. The van der Waals surface area contributed by atoms with Gasteiger partial charge in [0, 0.05) is 26.2 Å². The summed E-state index contributed by atoms with van der Waals surface area (Å²) < 4.78 is 27.2. The van der Waals surface area contributed by atoms with Crippen LogP contribution in [0.2, 0.25) is 0 Å². The fourth-order valence-corrected chi connectivity index (χ4v) is 4.95. The highest BCUT2D eigenvalue weighted by atomic mass is 32.2. The van der Waals surface area contributed by atoms with E-state index in [-0.39, 0.29) is 29.2 Å². The second-order valence-corrected chi connectivity index (χ2v) is 8.87. The largest absolute Gasteiger partial charge is 0.480 e. The summed E-state index contributed by atoms with van der Waals surface area (Å²) in [6, 6.07) is 2.92. The first-order valence-corrected chi connectivity index (χ1v) is 10.5. The Hall–Kier alpha value is -1.65. The molecule has 0 aromatic carbocycles. The Bertz CT molecular complexity index is 690. The number of aliphatic carboxylic acids is 1. The Morgan fingerprint density at radius 1 is 1.48 bits per heavy atom. The summed E-state index contributed by atoms with van der Waals surface area (Å²) in [5.41, 5.74) is 0. The number of piperidine rings is 1. The van der Waals surface area contributed by atoms with Gasteiger partial charge in [0.2, 0.25) is 10.0 Å². The minimum atomic E-state index is -3.51. The molecule has 1 aliphatic heterocycles. The van der Waals surface area contributed by atoms with Gasteiger partial charge in [-0.2, -0.15) is 0 Å². The van der Waals surface area contributed by atoms with Crippen LogP contribution in [0.4, 0.5) is 4.79 Å². The van der Waals surface area contributed by atoms with Crippen molar-refractivity contribution in [1.29, 1.82) is 0 Å². The van der Waals surface area contributed by atoms with E-state index >= 15 is 0 Å². The first-order valence-electron chi connectivity index (χ1n) is 8.12. The molecule has 2 amide bonds. The molecule has 1 aliphatic rings. The highest BCUT2D eigenvalue weighted by Crippen LogP contribution is 2.19. The normalized spacial score (nSPS) is 18.1. The van der Waals surface area contributed by atoms with Gasteiger partial charge in [-0.15, -0.1) is 11.3 Å². The summed E-state index contributed by atoms with van der Waals surface area (Å²) in [6.45, 7) is 2.95. The monoisotopic (exact) mass is 389 g/mol. The van der Waals surface area contributed by atoms with Crippen LogP contribution in [0.15, 0.2) is 21.7 Å². The molecule has 25 heavy (non-hydrogen) atoms. The Balaban J connectivity index is 1.92. The zero-order valence-electron chi connectivity index (χ0n) is 14.1. The maximum absolute atomic E-state index is 12.4. The minimum Gasteiger partial charge on any atom is -0.480 e. The van der Waals surface area contributed by atoms with Crippen molar-refractivity contribution in [3.8, 4) is 0 Å². The van der Waals surface area contributed by atoms with Gasteiger partial charge in [0.25, 0.3) is 0 Å². The van der Waals surface area contributed by atoms with Crippen LogP contribution < -0.4 is 4.72 Å². The Morgan fingerprint density at radius 3 is 2.84 bits per heavy atom. The maximum atomic E-state index is 12.4. The Kier molecular flexibility index (Phi) is 6.79. The van der Waals surface area contributed by atoms with Gasteiger partial charge in [0.15, 0.2) is 0 Å². The van der Waals surface area contributed by atoms with Gasteiger partial charge in [-0.3, -0.25) is 4.79 Å². The molecule has 1 unspecified atom stereocenters. The molecule has 0 bridgehead atoms. The van der Waals surface area contributed by atoms with Gasteiger partial charge in [-0.05, 0) is 37.1 Å². The van der Waals surface area contributed by atoms with Gasteiger partial charge < -0.3 is 14.9 Å². The average molecular weight is 389 g/mol. The molecule has 1 saturated heterocycles. The predicted molar refractivity (Wildman–Crippen MR) is 94.1 cm³/mol. The van der Waals surface area contributed by atoms with Crippen molar-refractivity contribution in [2.75, 3.05) is 32.7 Å². The first-order chi connectivity index (χ1) is 11.8. The van der Waals surface area contributed by atoms with Gasteiger partial charge in [0.05, 0.1) is 0 Å². The second-order valence-electron chi connectivity index (χ2n) is 5.93. The number of carbonyl (C=O) groups excluding carboxylic acids is 1. The minimum absolute atomic E-state index is 0.0102. The van der Waals surface area contributed by atoms with Gasteiger partial charge >= 0.3 is 12.0 Å². The summed E-state index contributed by atoms with van der Waals surface area (Å²) in [7, 11) is -3.51. The van der Waals surface area contributed by atoms with Gasteiger partial charge in [-0.1, -0.05) is 6.07 Å². The fraction of sp³-hybridized carbons (Fsp3) is 0.600. The number of carboxylic acid groups (broad SMARTS) is 1. The number of hydrogen-bond donors (Lipinski definition) is 2. The zero-order chi connectivity index (χ0) is 18.4. The second kappa shape index (κ2) is 8.63. The molecule has 0 radical (unpaired) electrons. The molecule has 1 fully saturated rings. The number of thiophene rings is 1. The van der Waals surface area contributed by atoms with Crippen LogP contribution in [0, 0.1) is 5.92 Å². The fourth-order valence-electron chi connectivity index (χ4n) is 2.80. The van der Waals surface area contributed by atoms with Gasteiger partial charge in [-0.25, -0.2) is 17.9 Å². The number of hydrogen-bond acceptors (Lipinski definition) is 5. The number of amides is 2. The van der Waals surface area contributed by atoms with Gasteiger partial charge in [0.1, 0.15) is 10.8 Å². The van der Waals surface area contributed by atoms with Crippen molar-refractivity contribution in [3.05, 3.63) is 17.5 Å². The van der Waals surface area contributed by atoms with Crippen LogP contribution in [0.5, 0.6) is 0 Å². The van der Waals surface area contributed by atoms with Crippen molar-refractivity contribution in [2.24, 2.45) is 5.92 Å². The Labute approximate surface area is 151 Å². The third kappa shape index (κ3) is 5.41. The molecule has 10 heteroatoms. The molecule has 2 rings (SSSR count). The van der Waals surface area contributed by atoms with Crippen LogP contribution >= 0.6 is 11.3 Å². The van der Waals surface area contributed by atoms with E-state index < -0.39 is 16.0 Å². The standard InChI is InChI=1S/C15H23N3O5S2/c1-2-17(11-13(19)20)15(21)18-7-3-5-12(10-18)9-16-25(22,23)14-6-4-8-24-14/h4,6,8,12,16H,2-3,5,7,9-11H2,1H3,(H,19,20). The molecule has 2 heterocycles. The third-order valence-corrected chi connectivity index (χ3v) is 6.91. The number of nitrogens with zero attached hydrogens (tertiary/aromatic N) is 2. The zero-order valence-corrected chi connectivity index (χ0v) is 15.7. The molecular formula is C15H23N3O5S2. The van der Waals surface area contributed by atoms with Crippen molar-refractivity contribution >= 4 is 33.4 Å². The summed E-state index contributed by atoms with van der Waals surface area (Å²) in [6.07, 6.45) is 1.59. The van der Waals surface area contributed by atoms with E-state index in [0.717, 1.165) is 24.2 Å². The van der Waals surface area contributed by atoms with E-state index in [1.54, 1.807) is 29.3 Å². The third-order valence-electron chi connectivity index (χ3n) is 4.09. The number of rotatable bonds is 7. The maximum Gasteiger partial charge on any atom is 0.323 e. The molecule has 0 aliphatic carbocycles. The summed E-state index contributed by atoms with van der Waals surface area (Å²) >= 11 is 1.16. The SMILES string of the molecule is CCN(CC(=O)O)C(=O)N1CCCC(CNS(=O)(=O)c2cccs2)C1. The van der Waals surface area contributed by atoms with Crippen molar-refractivity contribution in [3.63, 3.8) is 0 Å². The van der Waals surface area contributed by atoms with E-state index in [4.69, 9.17) is 5.11 Å². The first kappa shape index (κ1) is 19.7. The van der Waals surface area contributed by atoms with Crippen LogP contribution in [-0.4, -0.2) is 68.0 Å². The van der Waals surface area contributed by atoms with Crippen LogP contribution in [0.25, 0.3) is 0 Å². The number of carboxylic acids is 1. The number of urea groups is 1. The highest BCUT2D eigenvalue weighted by molar-refractivity contribution is 7.91. The smallest absolute Gasteiger partial charge is 0.323 e. The molecule has 140 valence electrons. The lowest BCUT2D eigenvalue weighted by molar-refractivity contribution is -0.137. The molecule has 1 aromatic heterocycles. The number of likely N-dealkylation sites (N-methyl/N-ethyl adjacent to an activating group) is 1. The van der Waals surface area contributed by atoms with E-state index in [1.165, 1.54) is 4.90 Å². The molecule has 0 saturated carbocycles. The predicted octanol–water partition coefficient (Wildman–Crippen LogP) is 1.26. The van der Waals surface area contributed by atoms with E-state index in [9.17, 15) is 18.0 Å². The lowest BCUT2D eigenvalue weighted by Gasteiger charge is -2.35. The molecule has 0 spiro atoms. The molecule has 1 atom stereocenters. The van der Waals surface area contributed by atoms with Crippen LogP contribution in [-0.2, 0) is 14.8 Å². The van der Waals surface area contributed by atoms with Crippen molar-refractivity contribution in [2.45, 2.75) is 24.0 Å². The molecular weight excluding hydrogens is 366 g/mol. The quantitative estimate of drug-likeness (QED) is 0.730. The highest BCUT2D eigenvalue weighted by Gasteiger charge is 2.28. The summed E-state index contributed by atoms with van der Waals surface area (Å²) in [5, 5.41) is 10.6. The van der Waals surface area contributed by atoms with E-state index in [0.29, 0.717) is 19.6 Å². The number of sulfonamides is 1. The lowest BCUT2D eigenvalue weighted by atomic mass is 9.98. The number of carbonyl (C=O) groups is 2. The van der Waals surface area contributed by atoms with Crippen molar-refractivity contribution in [1.82, 2.24) is 14.5 Å². The van der Waals surface area contributed by atoms with Crippen molar-refractivity contribution < 1.29 is 23.1 Å². The number of nitrogens with one attached hydrogen (secondary N) is 1. The lowest BCUT2D eigenvalue weighted by Crippen LogP contribution is -2.50. The Morgan fingerprint density at radius 2 is 2.24 bits per heavy atom. The average Bonchev–Trinajstić information content (AvgIpc) is 3.13. The summed E-state index contributed by atoms with van der Waals surface area (Å²) in [4.78, 5) is 26.2. The molecule has 8 nitrogen and oxygen atoms in total. The topological polar surface area (TPSA) is 107 Å². The van der Waals surface area contributed by atoms with E-state index in [2.05, 4.69) is 4.72 Å². The van der Waals surface area contributed by atoms with E-state index in [1.807, 2.05) is 0 Å².